The Bertz CT molecular complexity index is 242. The molecule has 0 aliphatic heterocycles. The molecule has 0 saturated heterocycles. The smallest absolute Gasteiger partial charge is 0.432 e. The lowest BCUT2D eigenvalue weighted by atomic mass is 10.7. The Labute approximate surface area is 144 Å². The fraction of sp³-hybridized carbons (Fsp3) is 0.923. The van der Waals surface area contributed by atoms with Crippen LogP contribution in [-0.2, 0) is 33.2 Å². The van der Waals surface area contributed by atoms with Crippen LogP contribution in [0.25, 0.3) is 0 Å². The maximum absolute atomic E-state index is 10.8. The molecule has 0 bridgehead atoms. The van der Waals surface area contributed by atoms with Crippen LogP contribution in [0.5, 0.6) is 0 Å². The van der Waals surface area contributed by atoms with Crippen LogP contribution in [0.15, 0.2) is 0 Å². The largest absolute Gasteiger partial charge is 0.509 e. The fourth-order valence-electron chi connectivity index (χ4n) is 1.17. The molecule has 0 radical (unpaired) electrons. The third kappa shape index (κ3) is 17.9. The van der Waals surface area contributed by atoms with E-state index in [0.717, 1.165) is 0 Å². The van der Waals surface area contributed by atoms with E-state index in [2.05, 4.69) is 4.74 Å². The molecule has 0 spiro atoms. The van der Waals surface area contributed by atoms with E-state index in [1.165, 1.54) is 0 Å². The van der Waals surface area contributed by atoms with Crippen LogP contribution < -0.4 is 0 Å². The van der Waals surface area contributed by atoms with E-state index in [1.54, 1.807) is 7.11 Å². The maximum atomic E-state index is 10.8. The number of hydrogen-bond donors (Lipinski definition) is 0. The van der Waals surface area contributed by atoms with E-state index in [-0.39, 0.29) is 11.2 Å². The van der Waals surface area contributed by atoms with Crippen molar-refractivity contribution in [3.05, 3.63) is 0 Å². The van der Waals surface area contributed by atoms with Crippen LogP contribution >= 0.6 is 22.6 Å². The van der Waals surface area contributed by atoms with Gasteiger partial charge in [0.05, 0.1) is 59.5 Å². The van der Waals surface area contributed by atoms with Gasteiger partial charge in [-0.2, -0.15) is 0 Å². The van der Waals surface area contributed by atoms with Gasteiger partial charge in [-0.3, -0.25) is 0 Å². The zero-order valence-electron chi connectivity index (χ0n) is 12.9. The molecule has 132 valence electrons. The van der Waals surface area contributed by atoms with Crippen molar-refractivity contribution >= 4 is 28.7 Å². The summed E-state index contributed by atoms with van der Waals surface area (Å²) in [4.78, 5) is 10.8. The molecule has 22 heavy (non-hydrogen) atoms. The van der Waals surface area contributed by atoms with Crippen molar-refractivity contribution in [2.75, 3.05) is 77.8 Å². The van der Waals surface area contributed by atoms with Crippen molar-refractivity contribution < 1.29 is 38.0 Å². The third-order valence-corrected chi connectivity index (χ3v) is 2.48. The molecule has 9 heteroatoms. The van der Waals surface area contributed by atoms with E-state index in [9.17, 15) is 4.79 Å². The van der Waals surface area contributed by atoms with Gasteiger partial charge in [0, 0.05) is 7.11 Å². The molecule has 0 saturated carbocycles. The molecule has 0 fully saturated rings. The highest BCUT2D eigenvalue weighted by atomic mass is 127. The van der Waals surface area contributed by atoms with Gasteiger partial charge in [-0.25, -0.2) is 4.79 Å². The number of alkyl halides is 1. The summed E-state index contributed by atoms with van der Waals surface area (Å²) in [6.45, 7) is 4.65. The molecule has 0 N–H and O–H groups in total. The van der Waals surface area contributed by atoms with Gasteiger partial charge < -0.3 is 33.2 Å². The van der Waals surface area contributed by atoms with Crippen LogP contribution in [0.2, 0.25) is 0 Å². The summed E-state index contributed by atoms with van der Waals surface area (Å²) in [6.07, 6.45) is -0.683. The number of ether oxygens (including phenoxy) is 7. The molecule has 0 atom stereocenters. The van der Waals surface area contributed by atoms with E-state index in [4.69, 9.17) is 28.4 Å². The second kappa shape index (κ2) is 18.8. The summed E-state index contributed by atoms with van der Waals surface area (Å²) >= 11 is 1.91. The molecule has 0 aromatic rings. The quantitative estimate of drug-likeness (QED) is 0.155. The Morgan fingerprint density at radius 2 is 1.09 bits per heavy atom. The van der Waals surface area contributed by atoms with E-state index < -0.39 is 6.16 Å². The molecule has 0 rings (SSSR count). The van der Waals surface area contributed by atoms with Crippen molar-refractivity contribution in [2.24, 2.45) is 0 Å². The fourth-order valence-corrected chi connectivity index (χ4v) is 1.43. The molecule has 0 unspecified atom stereocenters. The molecular weight excluding hydrogens is 411 g/mol. The van der Waals surface area contributed by atoms with Gasteiger partial charge in [-0.05, 0) is 22.6 Å². The van der Waals surface area contributed by atoms with E-state index in [1.807, 2.05) is 22.6 Å². The first-order chi connectivity index (χ1) is 10.8. The Morgan fingerprint density at radius 1 is 0.682 bits per heavy atom. The van der Waals surface area contributed by atoms with Crippen molar-refractivity contribution in [1.82, 2.24) is 0 Å². The average Bonchev–Trinajstić information content (AvgIpc) is 2.51. The minimum absolute atomic E-state index is 0.168. The summed E-state index contributed by atoms with van der Waals surface area (Å²) in [5.74, 6) is 0. The number of carbonyl (C=O) groups is 1. The first-order valence-corrected chi connectivity index (χ1v) is 8.49. The average molecular weight is 436 g/mol. The molecule has 0 heterocycles. The summed E-state index contributed by atoms with van der Waals surface area (Å²) < 4.78 is 35.5. The summed E-state index contributed by atoms with van der Waals surface area (Å²) in [7, 11) is 1.63. The van der Waals surface area contributed by atoms with Gasteiger partial charge in [-0.15, -0.1) is 0 Å². The zero-order chi connectivity index (χ0) is 16.3. The second-order valence-corrected chi connectivity index (χ2v) is 4.42. The van der Waals surface area contributed by atoms with Gasteiger partial charge in [0.2, 0.25) is 0 Å². The van der Waals surface area contributed by atoms with Crippen LogP contribution in [0.4, 0.5) is 4.79 Å². The number of carbonyl (C=O) groups excluding carboxylic acids is 1. The number of halogens is 1. The van der Waals surface area contributed by atoms with Crippen LogP contribution in [0, 0.1) is 0 Å². The SMILES string of the molecule is COCCOCCOCCOCCOCCOC(=O)OCI. The Kier molecular flexibility index (Phi) is 18.7. The third-order valence-electron chi connectivity index (χ3n) is 2.17. The lowest BCUT2D eigenvalue weighted by molar-refractivity contribution is -0.0137. The lowest BCUT2D eigenvalue weighted by Crippen LogP contribution is -2.15. The van der Waals surface area contributed by atoms with Gasteiger partial charge in [0.25, 0.3) is 0 Å². The summed E-state index contributed by atoms with van der Waals surface area (Å²) in [5, 5.41) is 0. The second-order valence-electron chi connectivity index (χ2n) is 3.79. The van der Waals surface area contributed by atoms with Gasteiger partial charge in [0.15, 0.2) is 0 Å². The molecule has 0 aromatic heterocycles. The minimum atomic E-state index is -0.683. The van der Waals surface area contributed by atoms with Crippen molar-refractivity contribution in [1.29, 1.82) is 0 Å². The first kappa shape index (κ1) is 21.8. The van der Waals surface area contributed by atoms with Crippen LogP contribution in [0.1, 0.15) is 0 Å². The van der Waals surface area contributed by atoms with Gasteiger partial charge in [-0.1, -0.05) is 0 Å². The van der Waals surface area contributed by atoms with E-state index in [0.29, 0.717) is 59.5 Å². The predicted octanol–water partition coefficient (Wildman–Crippen LogP) is 1.24. The highest BCUT2D eigenvalue weighted by Gasteiger charge is 2.01. The van der Waals surface area contributed by atoms with E-state index >= 15 is 0 Å². The van der Waals surface area contributed by atoms with Crippen LogP contribution in [-0.4, -0.2) is 83.9 Å². The number of rotatable bonds is 16. The normalized spacial score (nSPS) is 10.6. The summed E-state index contributed by atoms with van der Waals surface area (Å²) in [5.41, 5.74) is 0. The molecule has 0 aliphatic rings. The molecule has 0 aromatic carbocycles. The van der Waals surface area contributed by atoms with Crippen LogP contribution in [0.3, 0.4) is 0 Å². The van der Waals surface area contributed by atoms with Gasteiger partial charge >= 0.3 is 6.16 Å². The monoisotopic (exact) mass is 436 g/mol. The predicted molar refractivity (Wildman–Crippen MR) is 86.5 cm³/mol. The van der Waals surface area contributed by atoms with Gasteiger partial charge in [0.1, 0.15) is 11.2 Å². The highest BCUT2D eigenvalue weighted by molar-refractivity contribution is 14.1. The Morgan fingerprint density at radius 3 is 1.50 bits per heavy atom. The van der Waals surface area contributed by atoms with Crippen molar-refractivity contribution in [2.45, 2.75) is 0 Å². The first-order valence-electron chi connectivity index (χ1n) is 6.96. The Hall–Kier alpha value is -0.200. The topological polar surface area (TPSA) is 81.7 Å². The lowest BCUT2D eigenvalue weighted by Gasteiger charge is -2.07. The molecular formula is C13H25IO8. The maximum Gasteiger partial charge on any atom is 0.509 e. The van der Waals surface area contributed by atoms with Crippen molar-refractivity contribution in [3.63, 3.8) is 0 Å². The standard InChI is InChI=1S/C13H25IO8/c1-16-2-3-17-4-5-18-6-7-19-8-9-20-10-11-21-13(15)22-12-14/h2-12H2,1H3. The number of methoxy groups -OCH3 is 1. The highest BCUT2D eigenvalue weighted by Crippen LogP contribution is 1.90. The molecule has 8 nitrogen and oxygen atoms in total. The summed E-state index contributed by atoms with van der Waals surface area (Å²) in [6, 6.07) is 0. The number of hydrogen-bond acceptors (Lipinski definition) is 8. The minimum Gasteiger partial charge on any atom is -0.432 e. The zero-order valence-corrected chi connectivity index (χ0v) is 15.1. The molecule has 0 amide bonds. The Balaban J connectivity index is 3.01. The molecule has 0 aliphatic carbocycles. The van der Waals surface area contributed by atoms with Crippen molar-refractivity contribution in [3.8, 4) is 0 Å².